The molecule has 2 aliphatic rings. The van der Waals surface area contributed by atoms with E-state index in [0.717, 1.165) is 12.0 Å². The van der Waals surface area contributed by atoms with Gasteiger partial charge in [0.05, 0.1) is 12.5 Å². The first kappa shape index (κ1) is 10.8. The second-order valence-electron chi connectivity index (χ2n) is 4.17. The first-order chi connectivity index (χ1) is 8.24. The molecule has 1 saturated heterocycles. The molecular weight excluding hydrogens is 240 g/mol. The Morgan fingerprint density at radius 2 is 2.00 bits per heavy atom. The van der Waals surface area contributed by atoms with Gasteiger partial charge in [0, 0.05) is 16.7 Å². The summed E-state index contributed by atoms with van der Waals surface area (Å²) in [6.45, 7) is 0.586. The zero-order chi connectivity index (χ0) is 11.8. The number of allylic oxidation sites excluding steroid dienone is 1. The van der Waals surface area contributed by atoms with E-state index >= 15 is 0 Å². The van der Waals surface area contributed by atoms with Gasteiger partial charge in [-0.1, -0.05) is 11.6 Å². The summed E-state index contributed by atoms with van der Waals surface area (Å²) in [5, 5.41) is 0.659. The number of hydrogen-bond acceptors (Lipinski definition) is 3. The molecule has 0 unspecified atom stereocenters. The van der Waals surface area contributed by atoms with E-state index in [9.17, 15) is 4.79 Å². The lowest BCUT2D eigenvalue weighted by Gasteiger charge is -2.24. The Kier molecular flexibility index (Phi) is 2.65. The summed E-state index contributed by atoms with van der Waals surface area (Å²) in [4.78, 5) is 11.9. The van der Waals surface area contributed by atoms with E-state index in [1.807, 2.05) is 12.1 Å². The number of hydrogen-bond donors (Lipinski definition) is 0. The molecule has 0 aliphatic carbocycles. The highest BCUT2D eigenvalue weighted by Crippen LogP contribution is 2.33. The van der Waals surface area contributed by atoms with Crippen LogP contribution in [0.2, 0.25) is 5.02 Å². The predicted molar refractivity (Wildman–Crippen MR) is 63.4 cm³/mol. The summed E-state index contributed by atoms with van der Waals surface area (Å²) < 4.78 is 11.1. The normalized spacial score (nSPS) is 27.4. The number of fused-ring (bicyclic) bond motifs is 1. The van der Waals surface area contributed by atoms with Gasteiger partial charge in [-0.25, -0.2) is 0 Å². The molecule has 2 atom stereocenters. The van der Waals surface area contributed by atoms with Crippen LogP contribution in [0.1, 0.15) is 12.0 Å². The lowest BCUT2D eigenvalue weighted by atomic mass is 9.98. The van der Waals surface area contributed by atoms with Crippen LogP contribution >= 0.6 is 11.6 Å². The molecule has 4 heteroatoms. The molecule has 1 aromatic rings. The zero-order valence-corrected chi connectivity index (χ0v) is 9.81. The third-order valence-electron chi connectivity index (χ3n) is 3.05. The van der Waals surface area contributed by atoms with Crippen molar-refractivity contribution in [2.75, 3.05) is 6.61 Å². The lowest BCUT2D eigenvalue weighted by molar-refractivity contribution is -0.133. The number of ether oxygens (including phenoxy) is 2. The molecule has 0 aromatic heterocycles. The largest absolute Gasteiger partial charge is 0.463 e. The van der Waals surface area contributed by atoms with Crippen LogP contribution in [-0.2, 0) is 14.3 Å². The molecule has 0 bridgehead atoms. The molecule has 0 amide bonds. The maximum absolute atomic E-state index is 11.9. The molecule has 17 heavy (non-hydrogen) atoms. The minimum Gasteiger partial charge on any atom is -0.463 e. The fourth-order valence-electron chi connectivity index (χ4n) is 2.12. The van der Waals surface area contributed by atoms with Crippen LogP contribution in [0.5, 0.6) is 0 Å². The molecule has 88 valence electrons. The molecule has 2 aliphatic heterocycles. The fraction of sp³-hybridized carbons (Fsp3) is 0.308. The van der Waals surface area contributed by atoms with Crippen LogP contribution in [0.25, 0.3) is 5.76 Å². The Balaban J connectivity index is 1.91. The first-order valence-electron chi connectivity index (χ1n) is 5.54. The first-order valence-corrected chi connectivity index (χ1v) is 5.91. The van der Waals surface area contributed by atoms with Gasteiger partial charge in [-0.3, -0.25) is 4.79 Å². The van der Waals surface area contributed by atoms with Crippen molar-refractivity contribution in [1.29, 1.82) is 0 Å². The Labute approximate surface area is 104 Å². The van der Waals surface area contributed by atoms with E-state index < -0.39 is 6.29 Å². The van der Waals surface area contributed by atoms with Gasteiger partial charge in [-0.15, -0.1) is 0 Å². The topological polar surface area (TPSA) is 35.5 Å². The van der Waals surface area contributed by atoms with E-state index in [1.165, 1.54) is 0 Å². The Morgan fingerprint density at radius 1 is 1.24 bits per heavy atom. The Hall–Kier alpha value is -1.32. The van der Waals surface area contributed by atoms with Gasteiger partial charge in [0.15, 0.2) is 5.78 Å². The molecule has 1 fully saturated rings. The molecule has 0 saturated carbocycles. The summed E-state index contributed by atoms with van der Waals surface area (Å²) in [6, 6.07) is 7.20. The second-order valence-corrected chi connectivity index (χ2v) is 4.61. The minimum atomic E-state index is -0.418. The van der Waals surface area contributed by atoms with Crippen molar-refractivity contribution in [3.8, 4) is 0 Å². The predicted octanol–water partition coefficient (Wildman–Crippen LogP) is 2.64. The maximum Gasteiger partial charge on any atom is 0.210 e. The summed E-state index contributed by atoms with van der Waals surface area (Å²) in [7, 11) is 0. The molecule has 0 N–H and O–H groups in total. The number of carbonyl (C=O) groups is 1. The summed E-state index contributed by atoms with van der Waals surface area (Å²) >= 11 is 5.82. The average Bonchev–Trinajstić information content (AvgIpc) is 2.78. The van der Waals surface area contributed by atoms with Crippen LogP contribution < -0.4 is 0 Å². The Bertz CT molecular complexity index is 478. The van der Waals surface area contributed by atoms with E-state index in [4.69, 9.17) is 21.1 Å². The third kappa shape index (κ3) is 1.96. The van der Waals surface area contributed by atoms with Crippen molar-refractivity contribution < 1.29 is 14.3 Å². The van der Waals surface area contributed by atoms with E-state index in [-0.39, 0.29) is 11.7 Å². The molecule has 0 spiro atoms. The zero-order valence-electron chi connectivity index (χ0n) is 9.06. The van der Waals surface area contributed by atoms with Crippen molar-refractivity contribution in [3.63, 3.8) is 0 Å². The fourth-order valence-corrected chi connectivity index (χ4v) is 2.24. The van der Waals surface area contributed by atoms with E-state index in [0.29, 0.717) is 17.4 Å². The lowest BCUT2D eigenvalue weighted by Crippen LogP contribution is -2.29. The van der Waals surface area contributed by atoms with Gasteiger partial charge in [-0.05, 0) is 30.7 Å². The molecule has 0 radical (unpaired) electrons. The van der Waals surface area contributed by atoms with Gasteiger partial charge < -0.3 is 9.47 Å². The number of rotatable bonds is 1. The molecule has 2 heterocycles. The average molecular weight is 251 g/mol. The molecular formula is C13H11ClO3. The van der Waals surface area contributed by atoms with Crippen LogP contribution in [-0.4, -0.2) is 18.7 Å². The molecule has 1 aromatic carbocycles. The van der Waals surface area contributed by atoms with Gasteiger partial charge in [0.25, 0.3) is 0 Å². The number of halogens is 1. The van der Waals surface area contributed by atoms with Gasteiger partial charge >= 0.3 is 0 Å². The summed E-state index contributed by atoms with van der Waals surface area (Å²) in [5.74, 6) is 0.518. The highest BCUT2D eigenvalue weighted by molar-refractivity contribution is 6.30. The summed E-state index contributed by atoms with van der Waals surface area (Å²) in [6.07, 6.45) is 1.88. The van der Waals surface area contributed by atoms with Gasteiger partial charge in [0.1, 0.15) is 5.76 Å². The van der Waals surface area contributed by atoms with E-state index in [2.05, 4.69) is 0 Å². The van der Waals surface area contributed by atoms with Crippen molar-refractivity contribution in [1.82, 2.24) is 0 Å². The monoisotopic (exact) mass is 250 g/mol. The maximum atomic E-state index is 11.9. The summed E-state index contributed by atoms with van der Waals surface area (Å²) in [5.41, 5.74) is 0.844. The second kappa shape index (κ2) is 4.17. The van der Waals surface area contributed by atoms with Crippen LogP contribution in [0, 0.1) is 5.92 Å². The number of carbonyl (C=O) groups excluding carboxylic acids is 1. The molecule has 3 rings (SSSR count). The highest BCUT2D eigenvalue weighted by Gasteiger charge is 2.38. The van der Waals surface area contributed by atoms with Crippen molar-refractivity contribution in [2.45, 2.75) is 12.7 Å². The van der Waals surface area contributed by atoms with Crippen LogP contribution in [0.4, 0.5) is 0 Å². The van der Waals surface area contributed by atoms with Crippen LogP contribution in [0.3, 0.4) is 0 Å². The smallest absolute Gasteiger partial charge is 0.210 e. The van der Waals surface area contributed by atoms with E-state index in [1.54, 1.807) is 18.2 Å². The molecule has 3 nitrogen and oxygen atoms in total. The quantitative estimate of drug-likeness (QED) is 0.769. The SMILES string of the molecule is O=C1C=C(c2ccc(Cl)cc2)O[C@H]2OCC[C@@H]12. The highest BCUT2D eigenvalue weighted by atomic mass is 35.5. The van der Waals surface area contributed by atoms with Crippen LogP contribution in [0.15, 0.2) is 30.3 Å². The van der Waals surface area contributed by atoms with Crippen molar-refractivity contribution >= 4 is 23.1 Å². The Morgan fingerprint density at radius 3 is 2.76 bits per heavy atom. The minimum absolute atomic E-state index is 0.0868. The standard InChI is InChI=1S/C13H11ClO3/c14-9-3-1-8(2-4-9)12-7-11(15)10-5-6-16-13(10)17-12/h1-4,7,10,13H,5-6H2/t10-,13+/m0/s1. The number of benzene rings is 1. The van der Waals surface area contributed by atoms with Gasteiger partial charge in [0.2, 0.25) is 6.29 Å². The van der Waals surface area contributed by atoms with Gasteiger partial charge in [-0.2, -0.15) is 0 Å². The third-order valence-corrected chi connectivity index (χ3v) is 3.30. The van der Waals surface area contributed by atoms with Crippen molar-refractivity contribution in [3.05, 3.63) is 40.9 Å². The van der Waals surface area contributed by atoms with Crippen molar-refractivity contribution in [2.24, 2.45) is 5.92 Å². The number of ketones is 1.